The number of sulfone groups is 1. The van der Waals surface area contributed by atoms with Gasteiger partial charge in [0.15, 0.2) is 9.84 Å². The SMILES string of the molecule is Cc1ccc(S(=O)(=O)CC[C@@H](O)CCOCc2ccccc2)cc1. The Labute approximate surface area is 144 Å². The lowest BCUT2D eigenvalue weighted by atomic mass is 10.2. The molecule has 0 aliphatic heterocycles. The Hall–Kier alpha value is -1.69. The van der Waals surface area contributed by atoms with Crippen molar-refractivity contribution < 1.29 is 18.3 Å². The van der Waals surface area contributed by atoms with Crippen LogP contribution in [-0.2, 0) is 21.2 Å². The highest BCUT2D eigenvalue weighted by molar-refractivity contribution is 7.91. The number of aryl methyl sites for hydroxylation is 1. The molecule has 5 heteroatoms. The summed E-state index contributed by atoms with van der Waals surface area (Å²) in [5, 5.41) is 9.96. The highest BCUT2D eigenvalue weighted by Crippen LogP contribution is 2.14. The first-order valence-electron chi connectivity index (χ1n) is 8.06. The molecule has 0 saturated carbocycles. The molecule has 130 valence electrons. The van der Waals surface area contributed by atoms with E-state index in [-0.39, 0.29) is 12.2 Å². The monoisotopic (exact) mass is 348 g/mol. The summed E-state index contributed by atoms with van der Waals surface area (Å²) in [7, 11) is -3.35. The standard InChI is InChI=1S/C19H24O4S/c1-16-7-9-19(10-8-16)24(21,22)14-12-18(20)11-13-23-15-17-5-3-2-4-6-17/h2-10,18,20H,11-15H2,1H3/t18-/m0/s1. The fourth-order valence-corrected chi connectivity index (χ4v) is 3.65. The van der Waals surface area contributed by atoms with Crippen molar-refractivity contribution >= 4 is 9.84 Å². The Bertz CT molecular complexity index is 709. The summed E-state index contributed by atoms with van der Waals surface area (Å²) in [6.45, 7) is 2.81. The van der Waals surface area contributed by atoms with E-state index in [1.54, 1.807) is 24.3 Å². The second-order valence-electron chi connectivity index (χ2n) is 5.90. The molecule has 0 heterocycles. The predicted octanol–water partition coefficient (Wildman–Crippen LogP) is 3.13. The predicted molar refractivity (Wildman–Crippen MR) is 94.6 cm³/mol. The summed E-state index contributed by atoms with van der Waals surface area (Å²) in [6.07, 6.45) is -0.0396. The molecule has 0 bridgehead atoms. The summed E-state index contributed by atoms with van der Waals surface area (Å²) in [5.41, 5.74) is 2.10. The van der Waals surface area contributed by atoms with Crippen LogP contribution in [0.3, 0.4) is 0 Å². The van der Waals surface area contributed by atoms with E-state index >= 15 is 0 Å². The molecule has 0 unspecified atom stereocenters. The lowest BCUT2D eigenvalue weighted by molar-refractivity contribution is 0.0723. The van der Waals surface area contributed by atoms with Gasteiger partial charge in [0.05, 0.1) is 23.4 Å². The summed E-state index contributed by atoms with van der Waals surface area (Å²) < 4.78 is 30.0. The minimum atomic E-state index is -3.35. The van der Waals surface area contributed by atoms with Gasteiger partial charge >= 0.3 is 0 Å². The highest BCUT2D eigenvalue weighted by atomic mass is 32.2. The van der Waals surface area contributed by atoms with Gasteiger partial charge in [0, 0.05) is 6.61 Å². The minimum absolute atomic E-state index is 0.0596. The zero-order valence-corrected chi connectivity index (χ0v) is 14.7. The van der Waals surface area contributed by atoms with Gasteiger partial charge in [-0.3, -0.25) is 0 Å². The van der Waals surface area contributed by atoms with Crippen molar-refractivity contribution in [3.05, 3.63) is 65.7 Å². The summed E-state index contributed by atoms with van der Waals surface area (Å²) >= 11 is 0. The zero-order chi connectivity index (χ0) is 17.4. The van der Waals surface area contributed by atoms with Gasteiger partial charge in [-0.2, -0.15) is 0 Å². The highest BCUT2D eigenvalue weighted by Gasteiger charge is 2.16. The molecule has 0 fully saturated rings. The van der Waals surface area contributed by atoms with Gasteiger partial charge < -0.3 is 9.84 Å². The van der Waals surface area contributed by atoms with Crippen molar-refractivity contribution in [2.75, 3.05) is 12.4 Å². The number of aliphatic hydroxyl groups is 1. The van der Waals surface area contributed by atoms with Gasteiger partial charge in [-0.25, -0.2) is 8.42 Å². The van der Waals surface area contributed by atoms with Crippen LogP contribution in [0.15, 0.2) is 59.5 Å². The normalized spacial score (nSPS) is 12.9. The van der Waals surface area contributed by atoms with Crippen LogP contribution in [0, 0.1) is 6.92 Å². The number of hydrogen-bond donors (Lipinski definition) is 1. The molecule has 0 aliphatic rings. The molecule has 4 nitrogen and oxygen atoms in total. The first-order chi connectivity index (χ1) is 11.5. The molecule has 0 aliphatic carbocycles. The van der Waals surface area contributed by atoms with E-state index in [0.29, 0.717) is 24.5 Å². The molecular formula is C19H24O4S. The smallest absolute Gasteiger partial charge is 0.178 e. The van der Waals surface area contributed by atoms with E-state index in [1.807, 2.05) is 37.3 Å². The summed E-state index contributed by atoms with van der Waals surface area (Å²) in [4.78, 5) is 0.306. The maximum atomic E-state index is 12.2. The largest absolute Gasteiger partial charge is 0.393 e. The number of benzene rings is 2. The summed E-state index contributed by atoms with van der Waals surface area (Å²) in [6, 6.07) is 16.6. The molecule has 0 spiro atoms. The third-order valence-electron chi connectivity index (χ3n) is 3.81. The average molecular weight is 348 g/mol. The Morgan fingerprint density at radius 2 is 1.67 bits per heavy atom. The van der Waals surface area contributed by atoms with E-state index in [2.05, 4.69) is 0 Å². The van der Waals surface area contributed by atoms with Gasteiger partial charge in [0.25, 0.3) is 0 Å². The van der Waals surface area contributed by atoms with Crippen LogP contribution in [0.2, 0.25) is 0 Å². The van der Waals surface area contributed by atoms with Crippen LogP contribution in [0.1, 0.15) is 24.0 Å². The molecule has 2 aromatic carbocycles. The van der Waals surface area contributed by atoms with Crippen LogP contribution >= 0.6 is 0 Å². The number of rotatable bonds is 9. The fourth-order valence-electron chi connectivity index (χ4n) is 2.28. The van der Waals surface area contributed by atoms with Crippen molar-refractivity contribution in [1.82, 2.24) is 0 Å². The van der Waals surface area contributed by atoms with Crippen molar-refractivity contribution in [2.45, 2.75) is 37.4 Å². The Balaban J connectivity index is 1.70. The van der Waals surface area contributed by atoms with Crippen molar-refractivity contribution in [1.29, 1.82) is 0 Å². The lowest BCUT2D eigenvalue weighted by Gasteiger charge is -2.11. The van der Waals surface area contributed by atoms with Gasteiger partial charge in [0.2, 0.25) is 0 Å². The molecule has 0 aromatic heterocycles. The van der Waals surface area contributed by atoms with Crippen molar-refractivity contribution in [3.63, 3.8) is 0 Å². The first-order valence-corrected chi connectivity index (χ1v) is 9.72. The van der Waals surface area contributed by atoms with Crippen molar-refractivity contribution in [2.24, 2.45) is 0 Å². The second-order valence-corrected chi connectivity index (χ2v) is 8.01. The van der Waals surface area contributed by atoms with Gasteiger partial charge in [-0.15, -0.1) is 0 Å². The first kappa shape index (κ1) is 18.6. The number of hydrogen-bond acceptors (Lipinski definition) is 4. The third-order valence-corrected chi connectivity index (χ3v) is 5.57. The molecule has 2 aromatic rings. The van der Waals surface area contributed by atoms with E-state index in [4.69, 9.17) is 4.74 Å². The van der Waals surface area contributed by atoms with Crippen LogP contribution in [0.4, 0.5) is 0 Å². The maximum absolute atomic E-state index is 12.2. The van der Waals surface area contributed by atoms with Gasteiger partial charge in [0.1, 0.15) is 0 Å². The molecule has 0 amide bonds. The maximum Gasteiger partial charge on any atom is 0.178 e. The van der Waals surface area contributed by atoms with Crippen LogP contribution in [-0.4, -0.2) is 32.0 Å². The lowest BCUT2D eigenvalue weighted by Crippen LogP contribution is -2.17. The zero-order valence-electron chi connectivity index (χ0n) is 13.9. The number of aliphatic hydroxyl groups excluding tert-OH is 1. The van der Waals surface area contributed by atoms with Crippen LogP contribution < -0.4 is 0 Å². The van der Waals surface area contributed by atoms with E-state index < -0.39 is 15.9 Å². The average Bonchev–Trinajstić information content (AvgIpc) is 2.58. The fraction of sp³-hybridized carbons (Fsp3) is 0.368. The van der Waals surface area contributed by atoms with Gasteiger partial charge in [-0.05, 0) is 37.5 Å². The van der Waals surface area contributed by atoms with Crippen LogP contribution in [0.5, 0.6) is 0 Å². The number of ether oxygens (including phenoxy) is 1. The molecule has 0 saturated heterocycles. The molecule has 1 N–H and O–H groups in total. The van der Waals surface area contributed by atoms with Gasteiger partial charge in [-0.1, -0.05) is 48.0 Å². The Morgan fingerprint density at radius 1 is 1.00 bits per heavy atom. The topological polar surface area (TPSA) is 63.6 Å². The van der Waals surface area contributed by atoms with E-state index in [0.717, 1.165) is 11.1 Å². The third kappa shape index (κ3) is 6.07. The molecule has 0 radical (unpaired) electrons. The van der Waals surface area contributed by atoms with E-state index in [9.17, 15) is 13.5 Å². The Kier molecular flexibility index (Phi) is 6.97. The summed E-state index contributed by atoms with van der Waals surface area (Å²) in [5.74, 6) is -0.0596. The molecule has 2 rings (SSSR count). The van der Waals surface area contributed by atoms with Crippen molar-refractivity contribution in [3.8, 4) is 0 Å². The van der Waals surface area contributed by atoms with Crippen LogP contribution in [0.25, 0.3) is 0 Å². The van der Waals surface area contributed by atoms with E-state index in [1.165, 1.54) is 0 Å². The minimum Gasteiger partial charge on any atom is -0.393 e. The molecule has 24 heavy (non-hydrogen) atoms. The Morgan fingerprint density at radius 3 is 2.33 bits per heavy atom. The molecular weight excluding hydrogens is 324 g/mol. The quantitative estimate of drug-likeness (QED) is 0.707. The second kappa shape index (κ2) is 8.97. The molecule has 1 atom stereocenters.